The highest BCUT2D eigenvalue weighted by Gasteiger charge is 2.34. The van der Waals surface area contributed by atoms with Gasteiger partial charge in [0.15, 0.2) is 5.13 Å². The first-order valence-electron chi connectivity index (χ1n) is 11.2. The molecule has 1 saturated heterocycles. The zero-order valence-electron chi connectivity index (χ0n) is 18.2. The molecule has 33 heavy (non-hydrogen) atoms. The predicted octanol–water partition coefficient (Wildman–Crippen LogP) is 4.21. The van der Waals surface area contributed by atoms with Gasteiger partial charge < -0.3 is 9.32 Å². The summed E-state index contributed by atoms with van der Waals surface area (Å²) in [4.78, 5) is 37.2. The topological polar surface area (TPSA) is 78.7 Å². The number of piperazine rings is 1. The van der Waals surface area contributed by atoms with Crippen LogP contribution < -0.4 is 5.32 Å². The predicted molar refractivity (Wildman–Crippen MR) is 130 cm³/mol. The van der Waals surface area contributed by atoms with Crippen LogP contribution in [0, 0.1) is 0 Å². The summed E-state index contributed by atoms with van der Waals surface area (Å²) in [6.07, 6.45) is 7.30. The molecule has 5 rings (SSSR count). The Morgan fingerprint density at radius 1 is 1.21 bits per heavy atom. The van der Waals surface area contributed by atoms with Gasteiger partial charge in [-0.2, -0.15) is 0 Å². The van der Waals surface area contributed by atoms with Crippen LogP contribution in [-0.2, 0) is 22.6 Å². The van der Waals surface area contributed by atoms with Gasteiger partial charge in [0, 0.05) is 48.6 Å². The van der Waals surface area contributed by atoms with Gasteiger partial charge in [-0.3, -0.25) is 19.8 Å². The summed E-state index contributed by atoms with van der Waals surface area (Å²) >= 11 is 3.26. The summed E-state index contributed by atoms with van der Waals surface area (Å²) in [5, 5.41) is 5.49. The molecule has 3 aromatic rings. The number of carbonyl (C=O) groups is 2. The molecule has 4 heterocycles. The Hall–Kier alpha value is -2.75. The summed E-state index contributed by atoms with van der Waals surface area (Å²) in [5.74, 6) is 0.317. The average Bonchev–Trinajstić information content (AvgIpc) is 3.59. The highest BCUT2D eigenvalue weighted by molar-refractivity contribution is 7.16. The monoisotopic (exact) mass is 482 g/mol. The van der Waals surface area contributed by atoms with Crippen LogP contribution in [0.2, 0.25) is 0 Å². The zero-order valence-corrected chi connectivity index (χ0v) is 19.9. The van der Waals surface area contributed by atoms with Crippen LogP contribution in [0.5, 0.6) is 0 Å². The summed E-state index contributed by atoms with van der Waals surface area (Å²) in [6.45, 7) is 4.24. The molecule has 0 bridgehead atoms. The maximum Gasteiger partial charge on any atom is 0.250 e. The van der Waals surface area contributed by atoms with E-state index >= 15 is 0 Å². The fourth-order valence-electron chi connectivity index (χ4n) is 4.37. The smallest absolute Gasteiger partial charge is 0.250 e. The van der Waals surface area contributed by atoms with Crippen LogP contribution in [0.1, 0.15) is 40.0 Å². The molecule has 2 aliphatic rings. The van der Waals surface area contributed by atoms with Crippen molar-refractivity contribution in [2.75, 3.05) is 31.5 Å². The van der Waals surface area contributed by atoms with Gasteiger partial charge >= 0.3 is 0 Å². The molecule has 1 N–H and O–H groups in total. The molecule has 3 aromatic heterocycles. The number of aromatic nitrogens is 1. The highest BCUT2D eigenvalue weighted by Crippen LogP contribution is 2.38. The Bertz CT molecular complexity index is 1110. The number of hydrogen-bond acceptors (Lipinski definition) is 7. The van der Waals surface area contributed by atoms with Gasteiger partial charge in [-0.1, -0.05) is 6.07 Å². The number of fused-ring (bicyclic) bond motifs is 1. The zero-order chi connectivity index (χ0) is 22.6. The Labute approximate surface area is 200 Å². The van der Waals surface area contributed by atoms with Gasteiger partial charge in [0.05, 0.1) is 17.9 Å². The number of amides is 2. The van der Waals surface area contributed by atoms with Gasteiger partial charge in [0.1, 0.15) is 5.76 Å². The van der Waals surface area contributed by atoms with Crippen molar-refractivity contribution in [2.24, 2.45) is 0 Å². The first kappa shape index (κ1) is 22.1. The van der Waals surface area contributed by atoms with E-state index in [0.29, 0.717) is 10.9 Å². The quantitative estimate of drug-likeness (QED) is 0.533. The maximum atomic E-state index is 13.4. The van der Waals surface area contributed by atoms with E-state index in [1.165, 1.54) is 22.3 Å². The number of anilines is 1. The van der Waals surface area contributed by atoms with Crippen molar-refractivity contribution in [1.29, 1.82) is 0 Å². The standard InChI is InChI=1S/C24H26N4O3S2/c29-21(9-8-17-4-2-14-31-17)25-24-26-22-19(6-1-7-20(22)33-24)23(30)28-12-10-27(11-13-28)16-18-5-3-15-32-18/h2-5,8-9,14-15,19H,1,6-7,10-13,16H2,(H,25,26,29)/b9-8+. The molecular formula is C24H26N4O3S2. The minimum Gasteiger partial charge on any atom is -0.465 e. The van der Waals surface area contributed by atoms with Gasteiger partial charge in [-0.05, 0) is 48.9 Å². The summed E-state index contributed by atoms with van der Waals surface area (Å²) in [5.41, 5.74) is 0.850. The second kappa shape index (κ2) is 10.0. The maximum absolute atomic E-state index is 13.4. The number of thiazole rings is 1. The number of nitrogens with zero attached hydrogens (tertiary/aromatic N) is 3. The lowest BCUT2D eigenvalue weighted by atomic mass is 9.89. The summed E-state index contributed by atoms with van der Waals surface area (Å²) in [6, 6.07) is 7.80. The average molecular weight is 483 g/mol. The van der Waals surface area contributed by atoms with Crippen LogP contribution in [-0.4, -0.2) is 52.8 Å². The molecule has 2 amide bonds. The van der Waals surface area contributed by atoms with Crippen molar-refractivity contribution in [1.82, 2.24) is 14.8 Å². The molecule has 7 nitrogen and oxygen atoms in total. The number of hydrogen-bond donors (Lipinski definition) is 1. The molecule has 9 heteroatoms. The van der Waals surface area contributed by atoms with Crippen LogP contribution >= 0.6 is 22.7 Å². The van der Waals surface area contributed by atoms with E-state index in [2.05, 4.69) is 32.7 Å². The second-order valence-electron chi connectivity index (χ2n) is 8.29. The second-order valence-corrected chi connectivity index (χ2v) is 10.4. The van der Waals surface area contributed by atoms with E-state index < -0.39 is 0 Å². The molecule has 0 radical (unpaired) electrons. The van der Waals surface area contributed by atoms with E-state index in [-0.39, 0.29) is 17.7 Å². The Morgan fingerprint density at radius 3 is 2.85 bits per heavy atom. The van der Waals surface area contributed by atoms with E-state index in [1.807, 2.05) is 4.90 Å². The Morgan fingerprint density at radius 2 is 2.09 bits per heavy atom. The van der Waals surface area contributed by atoms with Crippen LogP contribution in [0.4, 0.5) is 5.13 Å². The number of furan rings is 1. The molecule has 0 aromatic carbocycles. The third-order valence-electron chi connectivity index (χ3n) is 6.07. The summed E-state index contributed by atoms with van der Waals surface area (Å²) in [7, 11) is 0. The molecule has 1 aliphatic heterocycles. The fraction of sp³-hybridized carbons (Fsp3) is 0.375. The van der Waals surface area contributed by atoms with Crippen molar-refractivity contribution in [3.8, 4) is 0 Å². The lowest BCUT2D eigenvalue weighted by Gasteiger charge is -2.36. The first-order valence-corrected chi connectivity index (χ1v) is 12.9. The molecule has 0 spiro atoms. The van der Waals surface area contributed by atoms with E-state index in [0.717, 1.165) is 62.6 Å². The third kappa shape index (κ3) is 5.26. The minimum atomic E-state index is -0.262. The van der Waals surface area contributed by atoms with Crippen LogP contribution in [0.3, 0.4) is 0 Å². The van der Waals surface area contributed by atoms with Gasteiger partial charge in [-0.15, -0.1) is 22.7 Å². The summed E-state index contributed by atoms with van der Waals surface area (Å²) < 4.78 is 5.21. The number of nitrogens with one attached hydrogen (secondary N) is 1. The Kier molecular flexibility index (Phi) is 6.70. The number of aryl methyl sites for hydroxylation is 1. The van der Waals surface area contributed by atoms with Crippen molar-refractivity contribution in [2.45, 2.75) is 31.7 Å². The molecule has 1 aliphatic carbocycles. The van der Waals surface area contributed by atoms with Crippen LogP contribution in [0.25, 0.3) is 6.08 Å². The van der Waals surface area contributed by atoms with Crippen molar-refractivity contribution < 1.29 is 14.0 Å². The van der Waals surface area contributed by atoms with Gasteiger partial charge in [0.25, 0.3) is 0 Å². The highest BCUT2D eigenvalue weighted by atomic mass is 32.1. The molecule has 1 unspecified atom stereocenters. The SMILES string of the molecule is O=C(/C=C/c1ccco1)Nc1nc2c(s1)CCCC2C(=O)N1CCN(Cc2cccs2)CC1. The molecular weight excluding hydrogens is 456 g/mol. The molecule has 0 saturated carbocycles. The van der Waals surface area contributed by atoms with Gasteiger partial charge in [0.2, 0.25) is 11.8 Å². The number of thiophene rings is 1. The van der Waals surface area contributed by atoms with Crippen molar-refractivity contribution in [3.63, 3.8) is 0 Å². The van der Waals surface area contributed by atoms with E-state index in [9.17, 15) is 9.59 Å². The van der Waals surface area contributed by atoms with E-state index in [4.69, 9.17) is 4.42 Å². The minimum absolute atomic E-state index is 0.174. The van der Waals surface area contributed by atoms with Crippen molar-refractivity contribution >= 4 is 45.7 Å². The van der Waals surface area contributed by atoms with Crippen LogP contribution in [0.15, 0.2) is 46.4 Å². The normalized spacial score (nSPS) is 19.0. The molecule has 1 fully saturated rings. The first-order chi connectivity index (χ1) is 16.2. The lowest BCUT2D eigenvalue weighted by Crippen LogP contribution is -2.49. The van der Waals surface area contributed by atoms with Gasteiger partial charge in [-0.25, -0.2) is 4.98 Å². The third-order valence-corrected chi connectivity index (χ3v) is 7.98. The number of carbonyl (C=O) groups excluding carboxylic acids is 2. The van der Waals surface area contributed by atoms with Crippen molar-refractivity contribution in [3.05, 3.63) is 63.2 Å². The number of rotatable bonds is 6. The molecule has 172 valence electrons. The molecule has 1 atom stereocenters. The van der Waals surface area contributed by atoms with E-state index in [1.54, 1.807) is 35.8 Å². The lowest BCUT2D eigenvalue weighted by molar-refractivity contribution is -0.135. The largest absolute Gasteiger partial charge is 0.465 e. The Balaban J connectivity index is 1.20. The fourth-order valence-corrected chi connectivity index (χ4v) is 6.19.